The minimum absolute atomic E-state index is 0.0388. The molecule has 7 nitrogen and oxygen atoms in total. The lowest BCUT2D eigenvalue weighted by Gasteiger charge is -2.28. The van der Waals surface area contributed by atoms with E-state index in [0.717, 1.165) is 0 Å². The third-order valence-electron chi connectivity index (χ3n) is 4.23. The summed E-state index contributed by atoms with van der Waals surface area (Å²) in [6, 6.07) is -0.301. The highest BCUT2D eigenvalue weighted by molar-refractivity contribution is 5.80. The van der Waals surface area contributed by atoms with Gasteiger partial charge < -0.3 is 20.2 Å². The Labute approximate surface area is 125 Å². The maximum Gasteiger partial charge on any atom is 0.317 e. The van der Waals surface area contributed by atoms with Gasteiger partial charge in [-0.15, -0.1) is 0 Å². The molecule has 120 valence electrons. The van der Waals surface area contributed by atoms with Gasteiger partial charge in [0.2, 0.25) is 5.91 Å². The number of hydrogen-bond donors (Lipinski definition) is 2. The van der Waals surface area contributed by atoms with E-state index >= 15 is 0 Å². The zero-order chi connectivity index (χ0) is 16.2. The van der Waals surface area contributed by atoms with Gasteiger partial charge >= 0.3 is 12.0 Å². The number of aliphatic carboxylic acids is 1. The van der Waals surface area contributed by atoms with Crippen molar-refractivity contribution in [1.29, 1.82) is 0 Å². The van der Waals surface area contributed by atoms with Crippen molar-refractivity contribution in [2.45, 2.75) is 26.7 Å². The fourth-order valence-corrected chi connectivity index (χ4v) is 2.51. The molecule has 1 aliphatic heterocycles. The number of carbonyl (C=O) groups excluding carboxylic acids is 2. The molecule has 3 amide bonds. The normalized spacial score (nSPS) is 21.5. The zero-order valence-electron chi connectivity index (χ0n) is 13.2. The molecule has 0 saturated carbocycles. The molecule has 21 heavy (non-hydrogen) atoms. The van der Waals surface area contributed by atoms with Crippen molar-refractivity contribution >= 4 is 17.9 Å². The van der Waals surface area contributed by atoms with Gasteiger partial charge in [0.05, 0.1) is 5.41 Å². The second kappa shape index (κ2) is 6.78. The lowest BCUT2D eigenvalue weighted by atomic mass is 9.76. The summed E-state index contributed by atoms with van der Waals surface area (Å²) in [7, 11) is 3.32. The van der Waals surface area contributed by atoms with E-state index in [1.54, 1.807) is 14.1 Å². The van der Waals surface area contributed by atoms with Gasteiger partial charge in [0.1, 0.15) is 0 Å². The first-order valence-corrected chi connectivity index (χ1v) is 7.17. The van der Waals surface area contributed by atoms with E-state index in [9.17, 15) is 19.5 Å². The standard InChI is InChI=1S/C14H25N3O4/c1-10(2)14(12(19)20)6-8-17(9-14)13(21)15-7-5-11(18)16(3)4/h10H,5-9H2,1-4H3,(H,15,21)(H,19,20). The Balaban J connectivity index is 2.51. The summed E-state index contributed by atoms with van der Waals surface area (Å²) in [4.78, 5) is 37.9. The molecule has 1 aliphatic rings. The number of carboxylic acid groups (broad SMARTS) is 1. The number of carboxylic acids is 1. The highest BCUT2D eigenvalue weighted by atomic mass is 16.4. The van der Waals surface area contributed by atoms with Crippen LogP contribution in [0.2, 0.25) is 0 Å². The van der Waals surface area contributed by atoms with Crippen molar-refractivity contribution in [2.24, 2.45) is 11.3 Å². The first-order chi connectivity index (χ1) is 9.70. The number of likely N-dealkylation sites (tertiary alicyclic amines) is 1. The molecule has 0 aromatic rings. The lowest BCUT2D eigenvalue weighted by Crippen LogP contribution is -2.44. The Bertz CT molecular complexity index is 422. The Hall–Kier alpha value is -1.79. The molecular formula is C14H25N3O4. The Morgan fingerprint density at radius 1 is 1.33 bits per heavy atom. The van der Waals surface area contributed by atoms with Crippen molar-refractivity contribution in [3.8, 4) is 0 Å². The van der Waals surface area contributed by atoms with Gasteiger partial charge in [0.15, 0.2) is 0 Å². The number of carbonyl (C=O) groups is 3. The van der Waals surface area contributed by atoms with E-state index in [4.69, 9.17) is 0 Å². The fraction of sp³-hybridized carbons (Fsp3) is 0.786. The van der Waals surface area contributed by atoms with Crippen molar-refractivity contribution < 1.29 is 19.5 Å². The predicted molar refractivity (Wildman–Crippen MR) is 77.8 cm³/mol. The summed E-state index contributed by atoms with van der Waals surface area (Å²) in [5.74, 6) is -0.947. The molecule has 7 heteroatoms. The van der Waals surface area contributed by atoms with E-state index in [-0.39, 0.29) is 37.4 Å². The van der Waals surface area contributed by atoms with Crippen LogP contribution < -0.4 is 5.32 Å². The van der Waals surface area contributed by atoms with Crippen molar-refractivity contribution in [3.05, 3.63) is 0 Å². The molecule has 1 unspecified atom stereocenters. The fourth-order valence-electron chi connectivity index (χ4n) is 2.51. The highest BCUT2D eigenvalue weighted by Crippen LogP contribution is 2.38. The number of rotatable bonds is 5. The van der Waals surface area contributed by atoms with E-state index in [1.807, 2.05) is 13.8 Å². The lowest BCUT2D eigenvalue weighted by molar-refractivity contribution is -0.150. The summed E-state index contributed by atoms with van der Waals surface area (Å²) in [5, 5.41) is 12.1. The van der Waals surface area contributed by atoms with Crippen LogP contribution >= 0.6 is 0 Å². The maximum atomic E-state index is 12.0. The summed E-state index contributed by atoms with van der Waals surface area (Å²) >= 11 is 0. The molecule has 0 spiro atoms. The predicted octanol–water partition coefficient (Wildman–Crippen LogP) is 0.607. The summed E-state index contributed by atoms with van der Waals surface area (Å²) < 4.78 is 0. The molecule has 0 radical (unpaired) electrons. The van der Waals surface area contributed by atoms with Gasteiger partial charge in [-0.3, -0.25) is 9.59 Å². The molecular weight excluding hydrogens is 274 g/mol. The number of amides is 3. The van der Waals surface area contributed by atoms with E-state index in [0.29, 0.717) is 13.0 Å². The van der Waals surface area contributed by atoms with Crippen LogP contribution in [0.5, 0.6) is 0 Å². The number of nitrogens with one attached hydrogen (secondary N) is 1. The minimum atomic E-state index is -0.864. The molecule has 0 bridgehead atoms. The molecule has 1 heterocycles. The van der Waals surface area contributed by atoms with Crippen LogP contribution in [0.4, 0.5) is 4.79 Å². The monoisotopic (exact) mass is 299 g/mol. The first kappa shape index (κ1) is 17.3. The molecule has 0 aromatic heterocycles. The molecule has 1 atom stereocenters. The highest BCUT2D eigenvalue weighted by Gasteiger charge is 2.48. The molecule has 1 saturated heterocycles. The third kappa shape index (κ3) is 3.86. The second-order valence-corrected chi connectivity index (χ2v) is 6.06. The van der Waals surface area contributed by atoms with Gasteiger partial charge in [0.25, 0.3) is 0 Å². The van der Waals surface area contributed by atoms with Crippen LogP contribution in [0.1, 0.15) is 26.7 Å². The van der Waals surface area contributed by atoms with Crippen LogP contribution in [0.15, 0.2) is 0 Å². The number of nitrogens with zero attached hydrogens (tertiary/aromatic N) is 2. The topological polar surface area (TPSA) is 90.0 Å². The zero-order valence-corrected chi connectivity index (χ0v) is 13.2. The van der Waals surface area contributed by atoms with Gasteiger partial charge in [0, 0.05) is 40.2 Å². The summed E-state index contributed by atoms with van der Waals surface area (Å²) in [5.41, 5.74) is -0.864. The number of hydrogen-bond acceptors (Lipinski definition) is 3. The first-order valence-electron chi connectivity index (χ1n) is 7.17. The van der Waals surface area contributed by atoms with Crippen molar-refractivity contribution in [1.82, 2.24) is 15.1 Å². The third-order valence-corrected chi connectivity index (χ3v) is 4.23. The Morgan fingerprint density at radius 3 is 2.38 bits per heavy atom. The second-order valence-electron chi connectivity index (χ2n) is 6.06. The van der Waals surface area contributed by atoms with Crippen LogP contribution in [0.25, 0.3) is 0 Å². The molecule has 1 fully saturated rings. The van der Waals surface area contributed by atoms with Crippen molar-refractivity contribution in [3.63, 3.8) is 0 Å². The van der Waals surface area contributed by atoms with Crippen LogP contribution in [-0.2, 0) is 9.59 Å². The van der Waals surface area contributed by atoms with Crippen molar-refractivity contribution in [2.75, 3.05) is 33.7 Å². The van der Waals surface area contributed by atoms with Gasteiger partial charge in [-0.1, -0.05) is 13.8 Å². The minimum Gasteiger partial charge on any atom is -0.481 e. The van der Waals surface area contributed by atoms with Crippen LogP contribution in [0.3, 0.4) is 0 Å². The van der Waals surface area contributed by atoms with E-state index in [1.165, 1.54) is 9.80 Å². The average Bonchev–Trinajstić information content (AvgIpc) is 2.84. The number of urea groups is 1. The largest absolute Gasteiger partial charge is 0.481 e. The van der Waals surface area contributed by atoms with E-state index < -0.39 is 11.4 Å². The SMILES string of the molecule is CC(C)C1(C(=O)O)CCN(C(=O)NCCC(=O)N(C)C)C1. The van der Waals surface area contributed by atoms with E-state index in [2.05, 4.69) is 5.32 Å². The Morgan fingerprint density at radius 2 is 1.95 bits per heavy atom. The van der Waals surface area contributed by atoms with Crippen LogP contribution in [-0.4, -0.2) is 66.5 Å². The quantitative estimate of drug-likeness (QED) is 0.778. The van der Waals surface area contributed by atoms with Gasteiger partial charge in [-0.2, -0.15) is 0 Å². The molecule has 1 rings (SSSR count). The molecule has 0 aliphatic carbocycles. The average molecular weight is 299 g/mol. The van der Waals surface area contributed by atoms with Crippen LogP contribution in [0, 0.1) is 11.3 Å². The molecule has 0 aromatic carbocycles. The van der Waals surface area contributed by atoms with Gasteiger partial charge in [-0.05, 0) is 12.3 Å². The van der Waals surface area contributed by atoms with Gasteiger partial charge in [-0.25, -0.2) is 4.79 Å². The maximum absolute atomic E-state index is 12.0. The smallest absolute Gasteiger partial charge is 0.317 e. The summed E-state index contributed by atoms with van der Waals surface area (Å²) in [6.45, 7) is 4.63. The Kier molecular flexibility index (Phi) is 5.57. The molecule has 2 N–H and O–H groups in total. The summed E-state index contributed by atoms with van der Waals surface area (Å²) in [6.07, 6.45) is 0.699.